The van der Waals surface area contributed by atoms with Gasteiger partial charge in [-0.15, -0.1) is 0 Å². The standard InChI is InChI=1S/C22H38O/c1-3-5-7-9-11-13-17-20(16-12-10-8-6-4-2)21-18-14-15-19-22(21)23/h14-15,18-20,23H,3-13,16-17H2,1-2H3. The summed E-state index contributed by atoms with van der Waals surface area (Å²) in [5, 5.41) is 10.2. The number of phenols is 1. The maximum absolute atomic E-state index is 10.2. The number of phenolic OH excluding ortho intramolecular Hbond substituents is 1. The van der Waals surface area contributed by atoms with Crippen molar-refractivity contribution in [1.82, 2.24) is 0 Å². The van der Waals surface area contributed by atoms with Crippen molar-refractivity contribution in [2.24, 2.45) is 0 Å². The summed E-state index contributed by atoms with van der Waals surface area (Å²) in [6.07, 6.45) is 17.2. The quantitative estimate of drug-likeness (QED) is 0.350. The molecule has 1 atom stereocenters. The minimum atomic E-state index is 0.497. The summed E-state index contributed by atoms with van der Waals surface area (Å²) >= 11 is 0. The SMILES string of the molecule is CCCCCCCCC(CCCCCCC)c1ccccc1O. The molecule has 1 N–H and O–H groups in total. The lowest BCUT2D eigenvalue weighted by molar-refractivity contribution is 0.438. The molecular formula is C22H38O. The number of rotatable bonds is 14. The van der Waals surface area contributed by atoms with Crippen molar-refractivity contribution < 1.29 is 5.11 Å². The highest BCUT2D eigenvalue weighted by molar-refractivity contribution is 5.34. The Morgan fingerprint density at radius 2 is 1.17 bits per heavy atom. The van der Waals surface area contributed by atoms with Crippen LogP contribution in [0.4, 0.5) is 0 Å². The van der Waals surface area contributed by atoms with Gasteiger partial charge in [-0.2, -0.15) is 0 Å². The Bertz CT molecular complexity index is 385. The molecule has 23 heavy (non-hydrogen) atoms. The Labute approximate surface area is 144 Å². The van der Waals surface area contributed by atoms with E-state index in [4.69, 9.17) is 0 Å². The number of para-hydroxylation sites is 1. The lowest BCUT2D eigenvalue weighted by atomic mass is 9.87. The molecule has 1 rings (SSSR count). The molecular weight excluding hydrogens is 280 g/mol. The second-order valence-electron chi connectivity index (χ2n) is 7.02. The number of aromatic hydroxyl groups is 1. The highest BCUT2D eigenvalue weighted by Gasteiger charge is 2.14. The molecule has 0 saturated carbocycles. The van der Waals surface area contributed by atoms with E-state index in [0.29, 0.717) is 11.7 Å². The molecule has 1 nitrogen and oxygen atoms in total. The van der Waals surface area contributed by atoms with E-state index in [1.807, 2.05) is 12.1 Å². The fourth-order valence-corrected chi connectivity index (χ4v) is 3.45. The Balaban J connectivity index is 2.40. The van der Waals surface area contributed by atoms with Gasteiger partial charge in [-0.25, -0.2) is 0 Å². The monoisotopic (exact) mass is 318 g/mol. The van der Waals surface area contributed by atoms with Crippen molar-refractivity contribution in [2.75, 3.05) is 0 Å². The Morgan fingerprint density at radius 1 is 0.696 bits per heavy atom. The molecule has 132 valence electrons. The van der Waals surface area contributed by atoms with Crippen molar-refractivity contribution in [3.05, 3.63) is 29.8 Å². The molecule has 1 aromatic rings. The van der Waals surface area contributed by atoms with Gasteiger partial charge in [0.15, 0.2) is 0 Å². The summed E-state index contributed by atoms with van der Waals surface area (Å²) in [6, 6.07) is 7.98. The first-order chi connectivity index (χ1) is 11.3. The van der Waals surface area contributed by atoms with Crippen LogP contribution < -0.4 is 0 Å². The van der Waals surface area contributed by atoms with Crippen LogP contribution >= 0.6 is 0 Å². The molecule has 0 aromatic heterocycles. The third-order valence-electron chi connectivity index (χ3n) is 4.94. The normalized spacial score (nSPS) is 12.4. The molecule has 0 fully saturated rings. The molecule has 0 amide bonds. The molecule has 1 unspecified atom stereocenters. The summed E-state index contributed by atoms with van der Waals surface area (Å²) in [6.45, 7) is 4.54. The van der Waals surface area contributed by atoms with E-state index in [9.17, 15) is 5.11 Å². The Kier molecular flexibility index (Phi) is 11.7. The molecule has 1 heteroatoms. The van der Waals surface area contributed by atoms with Crippen LogP contribution in [0, 0.1) is 0 Å². The van der Waals surface area contributed by atoms with Gasteiger partial charge >= 0.3 is 0 Å². The van der Waals surface area contributed by atoms with E-state index in [1.165, 1.54) is 89.0 Å². The highest BCUT2D eigenvalue weighted by Crippen LogP contribution is 2.33. The summed E-state index contributed by atoms with van der Waals surface area (Å²) in [4.78, 5) is 0. The minimum Gasteiger partial charge on any atom is -0.508 e. The zero-order chi connectivity index (χ0) is 16.8. The van der Waals surface area contributed by atoms with Crippen LogP contribution in [0.1, 0.15) is 109 Å². The molecule has 0 bridgehead atoms. The topological polar surface area (TPSA) is 20.2 Å². The third-order valence-corrected chi connectivity index (χ3v) is 4.94. The molecule has 0 aliphatic carbocycles. The van der Waals surface area contributed by atoms with Crippen molar-refractivity contribution >= 4 is 0 Å². The van der Waals surface area contributed by atoms with Crippen LogP contribution in [0.3, 0.4) is 0 Å². The van der Waals surface area contributed by atoms with Gasteiger partial charge in [0.25, 0.3) is 0 Å². The van der Waals surface area contributed by atoms with E-state index in [-0.39, 0.29) is 0 Å². The van der Waals surface area contributed by atoms with E-state index in [0.717, 1.165) is 0 Å². The van der Waals surface area contributed by atoms with Crippen molar-refractivity contribution in [2.45, 2.75) is 103 Å². The van der Waals surface area contributed by atoms with Crippen LogP contribution in [0.25, 0.3) is 0 Å². The fraction of sp³-hybridized carbons (Fsp3) is 0.727. The van der Waals surface area contributed by atoms with Crippen molar-refractivity contribution in [3.8, 4) is 5.75 Å². The lowest BCUT2D eigenvalue weighted by Crippen LogP contribution is -2.00. The first-order valence-electron chi connectivity index (χ1n) is 10.1. The fourth-order valence-electron chi connectivity index (χ4n) is 3.45. The Hall–Kier alpha value is -0.980. The van der Waals surface area contributed by atoms with E-state index >= 15 is 0 Å². The van der Waals surface area contributed by atoms with Crippen LogP contribution in [-0.4, -0.2) is 5.11 Å². The highest BCUT2D eigenvalue weighted by atomic mass is 16.3. The zero-order valence-electron chi connectivity index (χ0n) is 15.5. The first kappa shape index (κ1) is 20.1. The molecule has 1 aromatic carbocycles. The second-order valence-corrected chi connectivity index (χ2v) is 7.02. The third kappa shape index (κ3) is 9.03. The van der Waals surface area contributed by atoms with Gasteiger partial charge in [0.05, 0.1) is 0 Å². The first-order valence-corrected chi connectivity index (χ1v) is 10.1. The maximum atomic E-state index is 10.2. The Morgan fingerprint density at radius 3 is 1.70 bits per heavy atom. The van der Waals surface area contributed by atoms with Crippen LogP contribution in [-0.2, 0) is 0 Å². The molecule has 0 aliphatic heterocycles. The van der Waals surface area contributed by atoms with E-state index in [2.05, 4.69) is 26.0 Å². The van der Waals surface area contributed by atoms with Crippen LogP contribution in [0.2, 0.25) is 0 Å². The molecule has 0 saturated heterocycles. The lowest BCUT2D eigenvalue weighted by Gasteiger charge is -2.18. The number of benzene rings is 1. The summed E-state index contributed by atoms with van der Waals surface area (Å²) in [5.41, 5.74) is 1.18. The zero-order valence-corrected chi connectivity index (χ0v) is 15.5. The van der Waals surface area contributed by atoms with Crippen molar-refractivity contribution in [3.63, 3.8) is 0 Å². The van der Waals surface area contributed by atoms with Gasteiger partial charge in [-0.1, -0.05) is 103 Å². The largest absolute Gasteiger partial charge is 0.508 e. The maximum Gasteiger partial charge on any atom is 0.119 e. The van der Waals surface area contributed by atoms with Gasteiger partial charge < -0.3 is 5.11 Å². The van der Waals surface area contributed by atoms with Gasteiger partial charge in [0, 0.05) is 0 Å². The van der Waals surface area contributed by atoms with E-state index < -0.39 is 0 Å². The molecule has 0 spiro atoms. The minimum absolute atomic E-state index is 0.497. The van der Waals surface area contributed by atoms with E-state index in [1.54, 1.807) is 0 Å². The van der Waals surface area contributed by atoms with Crippen LogP contribution in [0.5, 0.6) is 5.75 Å². The number of unbranched alkanes of at least 4 members (excludes halogenated alkanes) is 9. The van der Waals surface area contributed by atoms with Gasteiger partial charge in [0.2, 0.25) is 0 Å². The van der Waals surface area contributed by atoms with Gasteiger partial charge in [-0.05, 0) is 30.4 Å². The van der Waals surface area contributed by atoms with Gasteiger partial charge in [-0.3, -0.25) is 0 Å². The summed E-state index contributed by atoms with van der Waals surface area (Å²) < 4.78 is 0. The number of hydrogen-bond donors (Lipinski definition) is 1. The predicted molar refractivity (Wildman–Crippen MR) is 102 cm³/mol. The average molecular weight is 319 g/mol. The second kappa shape index (κ2) is 13.5. The smallest absolute Gasteiger partial charge is 0.119 e. The van der Waals surface area contributed by atoms with Crippen LogP contribution in [0.15, 0.2) is 24.3 Å². The predicted octanol–water partition coefficient (Wildman–Crippen LogP) is 7.59. The van der Waals surface area contributed by atoms with Crippen molar-refractivity contribution in [1.29, 1.82) is 0 Å². The summed E-state index contributed by atoms with van der Waals surface area (Å²) in [5.74, 6) is 1.04. The summed E-state index contributed by atoms with van der Waals surface area (Å²) in [7, 11) is 0. The number of hydrogen-bond acceptors (Lipinski definition) is 1. The van der Waals surface area contributed by atoms with Gasteiger partial charge in [0.1, 0.15) is 5.75 Å². The average Bonchev–Trinajstić information content (AvgIpc) is 2.56. The molecule has 0 aliphatic rings. The molecule has 0 heterocycles. The molecule has 0 radical (unpaired) electrons.